The number of aromatic nitrogens is 3. The number of rotatable bonds is 2. The first-order valence-corrected chi connectivity index (χ1v) is 4.86. The topological polar surface area (TPSA) is 83.6 Å². The molecule has 0 saturated carbocycles. The van der Waals surface area contributed by atoms with Gasteiger partial charge in [-0.05, 0) is 12.1 Å². The second-order valence-corrected chi connectivity index (χ2v) is 3.33. The Morgan fingerprint density at radius 1 is 1.47 bits per heavy atom. The minimum atomic E-state index is -0.299. The molecule has 0 aliphatic rings. The normalized spacial score (nSPS) is 9.65. The molecule has 0 unspecified atom stereocenters. The van der Waals surface area contributed by atoms with Gasteiger partial charge in [0.05, 0.1) is 6.20 Å². The Kier molecular flexibility index (Phi) is 2.83. The molecule has 2 aromatic rings. The first kappa shape index (κ1) is 10.8. The maximum Gasteiger partial charge on any atom is 0.256 e. The van der Waals surface area contributed by atoms with E-state index in [1.165, 1.54) is 23.3 Å². The van der Waals surface area contributed by atoms with E-state index < -0.39 is 0 Å². The van der Waals surface area contributed by atoms with Gasteiger partial charge in [0.1, 0.15) is 17.5 Å². The van der Waals surface area contributed by atoms with Crippen LogP contribution in [0.25, 0.3) is 0 Å². The smallest absolute Gasteiger partial charge is 0.256 e. The Balaban J connectivity index is 2.25. The standard InChI is InChI=1S/C11H9N5O/c1-16-10(9(6-12)7-14-16)15-11(17)8-2-4-13-5-3-8/h2-5,7H,1H3,(H,15,17). The van der Waals surface area contributed by atoms with Gasteiger partial charge >= 0.3 is 0 Å². The third-order valence-corrected chi connectivity index (χ3v) is 2.23. The highest BCUT2D eigenvalue weighted by molar-refractivity contribution is 6.04. The molecule has 0 bridgehead atoms. The summed E-state index contributed by atoms with van der Waals surface area (Å²) in [4.78, 5) is 15.7. The van der Waals surface area contributed by atoms with Gasteiger partial charge < -0.3 is 5.32 Å². The van der Waals surface area contributed by atoms with Gasteiger partial charge in [0.25, 0.3) is 5.91 Å². The molecule has 0 fully saturated rings. The van der Waals surface area contributed by atoms with Crippen molar-refractivity contribution in [1.29, 1.82) is 5.26 Å². The number of amides is 1. The maximum atomic E-state index is 11.8. The average molecular weight is 227 g/mol. The van der Waals surface area contributed by atoms with Crippen molar-refractivity contribution in [2.45, 2.75) is 0 Å². The number of pyridine rings is 1. The largest absolute Gasteiger partial charge is 0.306 e. The summed E-state index contributed by atoms with van der Waals surface area (Å²) >= 11 is 0. The summed E-state index contributed by atoms with van der Waals surface area (Å²) in [5.74, 6) is 0.0850. The van der Waals surface area contributed by atoms with E-state index in [1.54, 1.807) is 19.2 Å². The van der Waals surface area contributed by atoms with Crippen molar-refractivity contribution in [1.82, 2.24) is 14.8 Å². The summed E-state index contributed by atoms with van der Waals surface area (Å²) in [5, 5.41) is 15.4. The van der Waals surface area contributed by atoms with Gasteiger partial charge in [0, 0.05) is 25.0 Å². The zero-order chi connectivity index (χ0) is 12.3. The van der Waals surface area contributed by atoms with Crippen LogP contribution in [0.5, 0.6) is 0 Å². The number of hydrogen-bond donors (Lipinski definition) is 1. The van der Waals surface area contributed by atoms with Crippen LogP contribution in [0.3, 0.4) is 0 Å². The SMILES string of the molecule is Cn1ncc(C#N)c1NC(=O)c1ccncc1. The van der Waals surface area contributed by atoms with E-state index in [-0.39, 0.29) is 5.91 Å². The predicted octanol–water partition coefficient (Wildman–Crippen LogP) is 0.939. The Morgan fingerprint density at radius 2 is 2.18 bits per heavy atom. The second-order valence-electron chi connectivity index (χ2n) is 3.33. The van der Waals surface area contributed by atoms with Crippen molar-refractivity contribution in [2.75, 3.05) is 5.32 Å². The van der Waals surface area contributed by atoms with E-state index in [0.29, 0.717) is 16.9 Å². The molecule has 0 saturated heterocycles. The van der Waals surface area contributed by atoms with Crippen molar-refractivity contribution in [3.8, 4) is 6.07 Å². The van der Waals surface area contributed by atoms with E-state index >= 15 is 0 Å². The van der Waals surface area contributed by atoms with Crippen LogP contribution < -0.4 is 5.32 Å². The quantitative estimate of drug-likeness (QED) is 0.827. The highest BCUT2D eigenvalue weighted by atomic mass is 16.1. The van der Waals surface area contributed by atoms with E-state index in [9.17, 15) is 4.79 Å². The average Bonchev–Trinajstić information content (AvgIpc) is 2.71. The number of nitriles is 1. The maximum absolute atomic E-state index is 11.8. The molecule has 1 amide bonds. The first-order valence-electron chi connectivity index (χ1n) is 4.86. The molecule has 0 aliphatic heterocycles. The second kappa shape index (κ2) is 4.45. The van der Waals surface area contributed by atoms with E-state index in [0.717, 1.165) is 0 Å². The van der Waals surface area contributed by atoms with Crippen molar-refractivity contribution in [3.63, 3.8) is 0 Å². The molecule has 84 valence electrons. The molecule has 1 N–H and O–H groups in total. The number of anilines is 1. The van der Waals surface area contributed by atoms with Crippen LogP contribution in [-0.2, 0) is 7.05 Å². The molecule has 2 heterocycles. The molecule has 0 atom stereocenters. The van der Waals surface area contributed by atoms with Gasteiger partial charge in [-0.1, -0.05) is 0 Å². The number of carbonyl (C=O) groups is 1. The van der Waals surface area contributed by atoms with Crippen LogP contribution in [0.15, 0.2) is 30.7 Å². The van der Waals surface area contributed by atoms with Crippen LogP contribution in [0.4, 0.5) is 5.82 Å². The zero-order valence-electron chi connectivity index (χ0n) is 9.08. The molecular formula is C11H9N5O. The van der Waals surface area contributed by atoms with Crippen molar-refractivity contribution in [2.24, 2.45) is 7.05 Å². The minimum Gasteiger partial charge on any atom is -0.306 e. The van der Waals surface area contributed by atoms with Gasteiger partial charge in [-0.25, -0.2) is 0 Å². The molecule has 6 heteroatoms. The van der Waals surface area contributed by atoms with Gasteiger partial charge in [-0.3, -0.25) is 14.5 Å². The molecule has 2 rings (SSSR count). The lowest BCUT2D eigenvalue weighted by molar-refractivity contribution is 0.102. The van der Waals surface area contributed by atoms with Crippen molar-refractivity contribution >= 4 is 11.7 Å². The third-order valence-electron chi connectivity index (χ3n) is 2.23. The van der Waals surface area contributed by atoms with E-state index in [2.05, 4.69) is 15.4 Å². The summed E-state index contributed by atoms with van der Waals surface area (Å²) < 4.78 is 1.44. The lowest BCUT2D eigenvalue weighted by Crippen LogP contribution is -2.15. The monoisotopic (exact) mass is 227 g/mol. The summed E-state index contributed by atoms with van der Waals surface area (Å²) in [7, 11) is 1.66. The highest BCUT2D eigenvalue weighted by Crippen LogP contribution is 2.13. The van der Waals surface area contributed by atoms with Gasteiger partial charge in [0.15, 0.2) is 0 Å². The van der Waals surface area contributed by atoms with Gasteiger partial charge in [-0.2, -0.15) is 10.4 Å². The Morgan fingerprint density at radius 3 is 2.82 bits per heavy atom. The number of nitrogens with zero attached hydrogens (tertiary/aromatic N) is 4. The lowest BCUT2D eigenvalue weighted by Gasteiger charge is -2.05. The number of carbonyl (C=O) groups excluding carboxylic acids is 1. The lowest BCUT2D eigenvalue weighted by atomic mass is 10.2. The Hall–Kier alpha value is -2.68. The molecule has 0 spiro atoms. The number of hydrogen-bond acceptors (Lipinski definition) is 4. The fraction of sp³-hybridized carbons (Fsp3) is 0.0909. The van der Waals surface area contributed by atoms with Crippen LogP contribution in [-0.4, -0.2) is 20.7 Å². The molecule has 0 radical (unpaired) electrons. The summed E-state index contributed by atoms with van der Waals surface area (Å²) in [5.41, 5.74) is 0.806. The molecule has 0 aromatic carbocycles. The molecule has 2 aromatic heterocycles. The summed E-state index contributed by atoms with van der Waals surface area (Å²) in [6.07, 6.45) is 4.47. The van der Waals surface area contributed by atoms with Gasteiger partial charge in [-0.15, -0.1) is 0 Å². The van der Waals surface area contributed by atoms with Crippen LogP contribution >= 0.6 is 0 Å². The van der Waals surface area contributed by atoms with Crippen LogP contribution in [0, 0.1) is 11.3 Å². The predicted molar refractivity (Wildman–Crippen MR) is 60.1 cm³/mol. The van der Waals surface area contributed by atoms with E-state index in [1.807, 2.05) is 6.07 Å². The Bertz CT molecular complexity index is 582. The minimum absolute atomic E-state index is 0.299. The number of aryl methyl sites for hydroxylation is 1. The zero-order valence-corrected chi connectivity index (χ0v) is 9.08. The highest BCUT2D eigenvalue weighted by Gasteiger charge is 2.12. The van der Waals surface area contributed by atoms with Crippen LogP contribution in [0.1, 0.15) is 15.9 Å². The van der Waals surface area contributed by atoms with Crippen molar-refractivity contribution < 1.29 is 4.79 Å². The number of nitrogens with one attached hydrogen (secondary N) is 1. The Labute approximate surface area is 97.5 Å². The molecule has 17 heavy (non-hydrogen) atoms. The van der Waals surface area contributed by atoms with Gasteiger partial charge in [0.2, 0.25) is 0 Å². The van der Waals surface area contributed by atoms with E-state index in [4.69, 9.17) is 5.26 Å². The fourth-order valence-corrected chi connectivity index (χ4v) is 1.35. The third kappa shape index (κ3) is 2.13. The summed E-state index contributed by atoms with van der Waals surface area (Å²) in [6.45, 7) is 0. The van der Waals surface area contributed by atoms with Crippen molar-refractivity contribution in [3.05, 3.63) is 41.9 Å². The molecule has 6 nitrogen and oxygen atoms in total. The first-order chi connectivity index (χ1) is 8.22. The fourth-order valence-electron chi connectivity index (χ4n) is 1.35. The molecular weight excluding hydrogens is 218 g/mol. The van der Waals surface area contributed by atoms with Crippen LogP contribution in [0.2, 0.25) is 0 Å². The summed E-state index contributed by atoms with van der Waals surface area (Å²) in [6, 6.07) is 5.15. The molecule has 0 aliphatic carbocycles.